The standard InChI is InChI=1S/C28H40O/c1-20(2)13-9-8-10-14-22-17-18-26(28(5,6)7)25(19-22)27(29)24-16-12-11-15-23(24)21(3)4/h11-12,15-21H,8-10,13-14H2,1-7H3. The molecule has 0 aromatic heterocycles. The highest BCUT2D eigenvalue weighted by Crippen LogP contribution is 2.31. The second-order valence-electron chi connectivity index (χ2n) is 10.2. The van der Waals surface area contributed by atoms with Gasteiger partial charge in [0.05, 0.1) is 0 Å². The maximum absolute atomic E-state index is 13.6. The van der Waals surface area contributed by atoms with Gasteiger partial charge in [0.2, 0.25) is 0 Å². The van der Waals surface area contributed by atoms with E-state index in [2.05, 4.69) is 72.7 Å². The van der Waals surface area contributed by atoms with Crippen molar-refractivity contribution in [2.75, 3.05) is 0 Å². The molecule has 0 aliphatic heterocycles. The van der Waals surface area contributed by atoms with E-state index < -0.39 is 0 Å². The molecule has 2 rings (SSSR count). The van der Waals surface area contributed by atoms with Crippen LogP contribution in [0.2, 0.25) is 0 Å². The Labute approximate surface area is 178 Å². The molecule has 0 saturated carbocycles. The van der Waals surface area contributed by atoms with Gasteiger partial charge in [-0.05, 0) is 52.8 Å². The van der Waals surface area contributed by atoms with Crippen molar-refractivity contribution in [3.63, 3.8) is 0 Å². The molecule has 158 valence electrons. The van der Waals surface area contributed by atoms with E-state index in [1.807, 2.05) is 18.2 Å². The minimum Gasteiger partial charge on any atom is -0.289 e. The Morgan fingerprint density at radius 3 is 2.17 bits per heavy atom. The number of benzene rings is 2. The first-order valence-corrected chi connectivity index (χ1v) is 11.4. The fourth-order valence-electron chi connectivity index (χ4n) is 4.00. The van der Waals surface area contributed by atoms with Crippen LogP contribution >= 0.6 is 0 Å². The lowest BCUT2D eigenvalue weighted by molar-refractivity contribution is 0.103. The van der Waals surface area contributed by atoms with Crippen molar-refractivity contribution >= 4 is 5.78 Å². The summed E-state index contributed by atoms with van der Waals surface area (Å²) in [5.41, 5.74) is 5.23. The normalized spacial score (nSPS) is 12.0. The average Bonchev–Trinajstić information content (AvgIpc) is 2.66. The first-order chi connectivity index (χ1) is 13.6. The largest absolute Gasteiger partial charge is 0.289 e. The molecule has 0 amide bonds. The Kier molecular flexibility index (Phi) is 8.25. The highest BCUT2D eigenvalue weighted by Gasteiger charge is 2.24. The molecule has 0 unspecified atom stereocenters. The van der Waals surface area contributed by atoms with Gasteiger partial charge in [-0.2, -0.15) is 0 Å². The van der Waals surface area contributed by atoms with Crippen LogP contribution in [0.5, 0.6) is 0 Å². The minimum absolute atomic E-state index is 0.0619. The molecule has 0 bridgehead atoms. The molecule has 0 saturated heterocycles. The average molecular weight is 393 g/mol. The summed E-state index contributed by atoms with van der Waals surface area (Å²) in [5.74, 6) is 1.28. The third-order valence-corrected chi connectivity index (χ3v) is 5.71. The summed E-state index contributed by atoms with van der Waals surface area (Å²) in [6.45, 7) is 15.5. The second kappa shape index (κ2) is 10.2. The number of unbranched alkanes of at least 4 members (excludes halogenated alkanes) is 2. The van der Waals surface area contributed by atoms with Crippen molar-refractivity contribution in [2.24, 2.45) is 5.92 Å². The number of rotatable bonds is 9. The zero-order chi connectivity index (χ0) is 21.6. The van der Waals surface area contributed by atoms with Crippen LogP contribution in [0.1, 0.15) is 113 Å². The van der Waals surface area contributed by atoms with Gasteiger partial charge in [-0.1, -0.05) is 104 Å². The van der Waals surface area contributed by atoms with Crippen molar-refractivity contribution in [2.45, 2.75) is 91.9 Å². The molecule has 0 radical (unpaired) electrons. The Balaban J connectivity index is 2.32. The van der Waals surface area contributed by atoms with E-state index in [0.717, 1.165) is 34.6 Å². The predicted octanol–water partition coefficient (Wildman–Crippen LogP) is 8.10. The monoisotopic (exact) mass is 392 g/mol. The molecular weight excluding hydrogens is 352 g/mol. The summed E-state index contributed by atoms with van der Waals surface area (Å²) in [7, 11) is 0. The van der Waals surface area contributed by atoms with Crippen LogP contribution in [-0.4, -0.2) is 5.78 Å². The number of hydrogen-bond donors (Lipinski definition) is 0. The van der Waals surface area contributed by atoms with E-state index in [0.29, 0.717) is 5.92 Å². The van der Waals surface area contributed by atoms with Gasteiger partial charge >= 0.3 is 0 Å². The van der Waals surface area contributed by atoms with Gasteiger partial charge in [-0.15, -0.1) is 0 Å². The van der Waals surface area contributed by atoms with Gasteiger partial charge in [0.15, 0.2) is 5.78 Å². The second-order valence-corrected chi connectivity index (χ2v) is 10.2. The zero-order valence-electron chi connectivity index (χ0n) is 19.6. The predicted molar refractivity (Wildman–Crippen MR) is 126 cm³/mol. The number of carbonyl (C=O) groups excluding carboxylic acids is 1. The molecule has 0 aliphatic rings. The number of hydrogen-bond acceptors (Lipinski definition) is 1. The first-order valence-electron chi connectivity index (χ1n) is 11.4. The van der Waals surface area contributed by atoms with Crippen LogP contribution in [0, 0.1) is 5.92 Å². The highest BCUT2D eigenvalue weighted by atomic mass is 16.1. The van der Waals surface area contributed by atoms with Crippen molar-refractivity contribution in [3.8, 4) is 0 Å². The SMILES string of the molecule is CC(C)CCCCCc1ccc(C(C)(C)C)c(C(=O)c2ccccc2C(C)C)c1. The van der Waals surface area contributed by atoms with E-state index in [4.69, 9.17) is 0 Å². The summed E-state index contributed by atoms with van der Waals surface area (Å²) in [6.07, 6.45) is 6.11. The minimum atomic E-state index is -0.0619. The van der Waals surface area contributed by atoms with E-state index in [9.17, 15) is 4.79 Å². The van der Waals surface area contributed by atoms with Crippen LogP contribution in [-0.2, 0) is 11.8 Å². The third-order valence-electron chi connectivity index (χ3n) is 5.71. The summed E-state index contributed by atoms with van der Waals surface area (Å²) in [4.78, 5) is 13.6. The molecule has 0 fully saturated rings. The number of aryl methyl sites for hydroxylation is 1. The van der Waals surface area contributed by atoms with Gasteiger partial charge in [0.1, 0.15) is 0 Å². The smallest absolute Gasteiger partial charge is 0.193 e. The van der Waals surface area contributed by atoms with Gasteiger partial charge in [-0.3, -0.25) is 4.79 Å². The van der Waals surface area contributed by atoms with E-state index in [1.54, 1.807) is 0 Å². The third kappa shape index (κ3) is 6.56. The lowest BCUT2D eigenvalue weighted by Gasteiger charge is -2.24. The molecule has 0 N–H and O–H groups in total. The molecule has 0 atom stereocenters. The van der Waals surface area contributed by atoms with Crippen LogP contribution in [0.4, 0.5) is 0 Å². The van der Waals surface area contributed by atoms with Crippen LogP contribution in [0.3, 0.4) is 0 Å². The maximum Gasteiger partial charge on any atom is 0.193 e. The molecule has 2 aromatic rings. The zero-order valence-corrected chi connectivity index (χ0v) is 19.6. The van der Waals surface area contributed by atoms with Crippen molar-refractivity contribution in [1.29, 1.82) is 0 Å². The van der Waals surface area contributed by atoms with E-state index >= 15 is 0 Å². The Hall–Kier alpha value is -1.89. The van der Waals surface area contributed by atoms with Gasteiger partial charge in [0, 0.05) is 11.1 Å². The molecule has 0 heterocycles. The van der Waals surface area contributed by atoms with Crippen LogP contribution in [0.15, 0.2) is 42.5 Å². The Morgan fingerprint density at radius 1 is 0.862 bits per heavy atom. The van der Waals surface area contributed by atoms with Crippen molar-refractivity contribution < 1.29 is 4.79 Å². The maximum atomic E-state index is 13.6. The summed E-state index contributed by atoms with van der Waals surface area (Å²) in [5, 5.41) is 0. The Bertz CT molecular complexity index is 805. The number of ketones is 1. The molecule has 1 heteroatoms. The van der Waals surface area contributed by atoms with E-state index in [1.165, 1.54) is 31.2 Å². The van der Waals surface area contributed by atoms with Gasteiger partial charge in [-0.25, -0.2) is 0 Å². The lowest BCUT2D eigenvalue weighted by Crippen LogP contribution is -2.18. The van der Waals surface area contributed by atoms with E-state index in [-0.39, 0.29) is 11.2 Å². The molecule has 0 spiro atoms. The Morgan fingerprint density at radius 2 is 1.55 bits per heavy atom. The fourth-order valence-corrected chi connectivity index (χ4v) is 4.00. The molecule has 1 nitrogen and oxygen atoms in total. The van der Waals surface area contributed by atoms with Crippen LogP contribution < -0.4 is 0 Å². The highest BCUT2D eigenvalue weighted by molar-refractivity contribution is 6.11. The molecule has 29 heavy (non-hydrogen) atoms. The van der Waals surface area contributed by atoms with Gasteiger partial charge in [0.25, 0.3) is 0 Å². The first kappa shape index (κ1) is 23.4. The topological polar surface area (TPSA) is 17.1 Å². The number of carbonyl (C=O) groups is 1. The summed E-state index contributed by atoms with van der Waals surface area (Å²) >= 11 is 0. The molecule has 0 aliphatic carbocycles. The van der Waals surface area contributed by atoms with Crippen molar-refractivity contribution in [1.82, 2.24) is 0 Å². The molecular formula is C28H40O. The quantitative estimate of drug-likeness (QED) is 0.311. The van der Waals surface area contributed by atoms with Gasteiger partial charge < -0.3 is 0 Å². The lowest BCUT2D eigenvalue weighted by atomic mass is 9.80. The van der Waals surface area contributed by atoms with Crippen molar-refractivity contribution in [3.05, 3.63) is 70.3 Å². The summed E-state index contributed by atoms with van der Waals surface area (Å²) < 4.78 is 0. The molecule has 2 aromatic carbocycles. The fraction of sp³-hybridized carbons (Fsp3) is 0.536. The summed E-state index contributed by atoms with van der Waals surface area (Å²) in [6, 6.07) is 14.7. The van der Waals surface area contributed by atoms with Crippen LogP contribution in [0.25, 0.3) is 0 Å².